The van der Waals surface area contributed by atoms with Crippen LogP contribution in [0.3, 0.4) is 0 Å². The highest BCUT2D eigenvalue weighted by atomic mass is 16.5. The molecule has 0 saturated heterocycles. The van der Waals surface area contributed by atoms with Gasteiger partial charge in [0.15, 0.2) is 0 Å². The van der Waals surface area contributed by atoms with Crippen molar-refractivity contribution < 1.29 is 4.74 Å². The van der Waals surface area contributed by atoms with E-state index in [9.17, 15) is 0 Å². The SMILES string of the molecule is CNC(c1nccn1C)C1(OC)CCC(C)CC1. The zero-order valence-corrected chi connectivity index (χ0v) is 11.9. The molecule has 4 nitrogen and oxygen atoms in total. The largest absolute Gasteiger partial charge is 0.376 e. The monoisotopic (exact) mass is 251 g/mol. The molecule has 2 rings (SSSR count). The molecule has 0 aliphatic heterocycles. The molecule has 1 unspecified atom stereocenters. The summed E-state index contributed by atoms with van der Waals surface area (Å²) in [6.45, 7) is 2.33. The number of imidazole rings is 1. The van der Waals surface area contributed by atoms with Gasteiger partial charge in [-0.1, -0.05) is 6.92 Å². The maximum atomic E-state index is 5.94. The number of likely N-dealkylation sites (N-methyl/N-ethyl adjacent to an activating group) is 1. The Morgan fingerprint density at radius 2 is 2.17 bits per heavy atom. The fraction of sp³-hybridized carbons (Fsp3) is 0.786. The molecule has 1 fully saturated rings. The minimum atomic E-state index is -0.111. The highest BCUT2D eigenvalue weighted by Crippen LogP contribution is 2.42. The van der Waals surface area contributed by atoms with E-state index in [0.29, 0.717) is 0 Å². The zero-order chi connectivity index (χ0) is 13.2. The number of ether oxygens (including phenoxy) is 1. The Morgan fingerprint density at radius 3 is 2.61 bits per heavy atom. The summed E-state index contributed by atoms with van der Waals surface area (Å²) in [4.78, 5) is 4.49. The summed E-state index contributed by atoms with van der Waals surface area (Å²) in [5, 5.41) is 3.41. The molecule has 1 heterocycles. The van der Waals surface area contributed by atoms with Gasteiger partial charge in [-0.2, -0.15) is 0 Å². The lowest BCUT2D eigenvalue weighted by Gasteiger charge is -2.43. The zero-order valence-electron chi connectivity index (χ0n) is 11.9. The molecule has 1 aromatic heterocycles. The number of rotatable bonds is 4. The van der Waals surface area contributed by atoms with Crippen LogP contribution >= 0.6 is 0 Å². The van der Waals surface area contributed by atoms with Gasteiger partial charge in [-0.05, 0) is 38.6 Å². The molecular formula is C14H25N3O. The Morgan fingerprint density at radius 1 is 1.50 bits per heavy atom. The van der Waals surface area contributed by atoms with Crippen LogP contribution in [0.2, 0.25) is 0 Å². The third kappa shape index (κ3) is 2.31. The van der Waals surface area contributed by atoms with Crippen LogP contribution in [0.25, 0.3) is 0 Å². The molecule has 1 aliphatic carbocycles. The Hall–Kier alpha value is -0.870. The molecule has 102 valence electrons. The van der Waals surface area contributed by atoms with Crippen molar-refractivity contribution in [2.45, 2.75) is 44.2 Å². The van der Waals surface area contributed by atoms with E-state index in [4.69, 9.17) is 4.74 Å². The average Bonchev–Trinajstić information content (AvgIpc) is 2.79. The topological polar surface area (TPSA) is 39.1 Å². The minimum Gasteiger partial charge on any atom is -0.376 e. The number of hydrogen-bond donors (Lipinski definition) is 1. The Balaban J connectivity index is 2.27. The second-order valence-corrected chi connectivity index (χ2v) is 5.57. The predicted octanol–water partition coefficient (Wildman–Crippen LogP) is 2.28. The van der Waals surface area contributed by atoms with Crippen LogP contribution in [0.4, 0.5) is 0 Å². The molecule has 1 atom stereocenters. The smallest absolute Gasteiger partial charge is 0.128 e. The number of aromatic nitrogens is 2. The minimum absolute atomic E-state index is 0.111. The maximum absolute atomic E-state index is 5.94. The van der Waals surface area contributed by atoms with Crippen molar-refractivity contribution in [1.29, 1.82) is 0 Å². The molecule has 4 heteroatoms. The van der Waals surface area contributed by atoms with Crippen molar-refractivity contribution in [3.63, 3.8) is 0 Å². The predicted molar refractivity (Wildman–Crippen MR) is 72.4 cm³/mol. The van der Waals surface area contributed by atoms with Crippen LogP contribution in [0.15, 0.2) is 12.4 Å². The van der Waals surface area contributed by atoms with Gasteiger partial charge in [0.1, 0.15) is 5.82 Å². The van der Waals surface area contributed by atoms with Gasteiger partial charge in [-0.25, -0.2) is 4.98 Å². The normalized spacial score (nSPS) is 30.3. The second kappa shape index (κ2) is 5.41. The second-order valence-electron chi connectivity index (χ2n) is 5.57. The van der Waals surface area contributed by atoms with Gasteiger partial charge >= 0.3 is 0 Å². The van der Waals surface area contributed by atoms with Gasteiger partial charge in [-0.3, -0.25) is 0 Å². The third-order valence-corrected chi connectivity index (χ3v) is 4.46. The summed E-state index contributed by atoms with van der Waals surface area (Å²) in [6.07, 6.45) is 8.52. The molecule has 1 aromatic rings. The van der Waals surface area contributed by atoms with Gasteiger partial charge in [0.2, 0.25) is 0 Å². The number of nitrogens with one attached hydrogen (secondary N) is 1. The number of methoxy groups -OCH3 is 1. The molecular weight excluding hydrogens is 226 g/mol. The van der Waals surface area contributed by atoms with Crippen LogP contribution in [0.5, 0.6) is 0 Å². The molecule has 1 saturated carbocycles. The Labute approximate surface area is 110 Å². The summed E-state index contributed by atoms with van der Waals surface area (Å²) in [6, 6.07) is 0.162. The summed E-state index contributed by atoms with van der Waals surface area (Å²) >= 11 is 0. The molecule has 1 aliphatic rings. The summed E-state index contributed by atoms with van der Waals surface area (Å²) < 4.78 is 8.03. The van der Waals surface area contributed by atoms with E-state index in [1.807, 2.05) is 33.6 Å². The van der Waals surface area contributed by atoms with E-state index in [2.05, 4.69) is 21.8 Å². The van der Waals surface area contributed by atoms with Crippen molar-refractivity contribution >= 4 is 0 Å². The van der Waals surface area contributed by atoms with E-state index in [0.717, 1.165) is 24.6 Å². The van der Waals surface area contributed by atoms with Crippen LogP contribution in [0.1, 0.15) is 44.5 Å². The molecule has 18 heavy (non-hydrogen) atoms. The fourth-order valence-electron chi connectivity index (χ4n) is 3.14. The van der Waals surface area contributed by atoms with Crippen LogP contribution in [-0.2, 0) is 11.8 Å². The van der Waals surface area contributed by atoms with E-state index in [1.54, 1.807) is 0 Å². The Bertz CT molecular complexity index is 380. The number of hydrogen-bond acceptors (Lipinski definition) is 3. The van der Waals surface area contributed by atoms with Crippen molar-refractivity contribution in [2.24, 2.45) is 13.0 Å². The first-order valence-electron chi connectivity index (χ1n) is 6.82. The molecule has 1 N–H and O–H groups in total. The van der Waals surface area contributed by atoms with Gasteiger partial charge in [0.05, 0.1) is 11.6 Å². The van der Waals surface area contributed by atoms with Crippen molar-refractivity contribution in [3.8, 4) is 0 Å². The van der Waals surface area contributed by atoms with Crippen LogP contribution < -0.4 is 5.32 Å². The van der Waals surface area contributed by atoms with E-state index >= 15 is 0 Å². The molecule has 0 spiro atoms. The molecule has 0 aromatic carbocycles. The van der Waals surface area contributed by atoms with Crippen LogP contribution in [0, 0.1) is 5.92 Å². The van der Waals surface area contributed by atoms with Crippen molar-refractivity contribution in [1.82, 2.24) is 14.9 Å². The number of nitrogens with zero attached hydrogens (tertiary/aromatic N) is 2. The molecule has 0 radical (unpaired) electrons. The highest BCUT2D eigenvalue weighted by molar-refractivity contribution is 5.08. The van der Waals surface area contributed by atoms with Gasteiger partial charge < -0.3 is 14.6 Å². The highest BCUT2D eigenvalue weighted by Gasteiger charge is 2.43. The van der Waals surface area contributed by atoms with Gasteiger partial charge in [0, 0.05) is 26.6 Å². The third-order valence-electron chi connectivity index (χ3n) is 4.46. The first-order valence-corrected chi connectivity index (χ1v) is 6.82. The summed E-state index contributed by atoms with van der Waals surface area (Å²) in [7, 11) is 5.88. The summed E-state index contributed by atoms with van der Waals surface area (Å²) in [5.41, 5.74) is -0.111. The van der Waals surface area contributed by atoms with Gasteiger partial charge in [0.25, 0.3) is 0 Å². The van der Waals surface area contributed by atoms with E-state index in [-0.39, 0.29) is 11.6 Å². The van der Waals surface area contributed by atoms with Crippen molar-refractivity contribution in [2.75, 3.05) is 14.2 Å². The quantitative estimate of drug-likeness (QED) is 0.892. The standard InChI is InChI=1S/C14H25N3O/c1-11-5-7-14(18-4,8-6-11)12(15-2)13-16-9-10-17(13)3/h9-12,15H,5-8H2,1-4H3. The lowest BCUT2D eigenvalue weighted by atomic mass is 9.75. The van der Waals surface area contributed by atoms with Gasteiger partial charge in [-0.15, -0.1) is 0 Å². The lowest BCUT2D eigenvalue weighted by Crippen LogP contribution is -2.47. The van der Waals surface area contributed by atoms with Crippen molar-refractivity contribution in [3.05, 3.63) is 18.2 Å². The molecule has 0 amide bonds. The first-order chi connectivity index (χ1) is 8.63. The molecule has 0 bridgehead atoms. The number of aryl methyl sites for hydroxylation is 1. The van der Waals surface area contributed by atoms with E-state index < -0.39 is 0 Å². The van der Waals surface area contributed by atoms with Crippen LogP contribution in [-0.4, -0.2) is 29.3 Å². The fourth-order valence-corrected chi connectivity index (χ4v) is 3.14. The van der Waals surface area contributed by atoms with E-state index in [1.165, 1.54) is 12.8 Å². The summed E-state index contributed by atoms with van der Waals surface area (Å²) in [5.74, 6) is 1.88. The Kier molecular flexibility index (Phi) is 4.07. The maximum Gasteiger partial charge on any atom is 0.128 e. The first kappa shape index (κ1) is 13.6. The average molecular weight is 251 g/mol. The lowest BCUT2D eigenvalue weighted by molar-refractivity contribution is -0.0769.